The van der Waals surface area contributed by atoms with Gasteiger partial charge in [0.15, 0.2) is 5.01 Å². The number of fused-ring (bicyclic) bond motifs is 2. The van der Waals surface area contributed by atoms with Gasteiger partial charge in [0.05, 0.1) is 11.4 Å². The van der Waals surface area contributed by atoms with Crippen molar-refractivity contribution in [3.05, 3.63) is 44.9 Å². The normalized spacial score (nSPS) is 22.3. The van der Waals surface area contributed by atoms with Crippen LogP contribution in [0, 0.1) is 0 Å². The summed E-state index contributed by atoms with van der Waals surface area (Å²) in [5, 5.41) is 4.96. The van der Waals surface area contributed by atoms with Gasteiger partial charge in [-0.25, -0.2) is 26.1 Å². The van der Waals surface area contributed by atoms with E-state index in [1.165, 1.54) is 19.9 Å². The number of thiazole rings is 1. The molecule has 3 aliphatic heterocycles. The Labute approximate surface area is 261 Å². The summed E-state index contributed by atoms with van der Waals surface area (Å²) < 4.78 is 56.4. The van der Waals surface area contributed by atoms with Gasteiger partial charge in [0.1, 0.15) is 5.03 Å². The number of aromatic amines is 1. The fourth-order valence-corrected chi connectivity index (χ4v) is 10.1. The molecule has 2 saturated heterocycles. The Morgan fingerprint density at radius 2 is 1.86 bits per heavy atom. The van der Waals surface area contributed by atoms with Crippen LogP contribution in [0.1, 0.15) is 46.6 Å². The van der Waals surface area contributed by atoms with Gasteiger partial charge in [-0.2, -0.15) is 4.31 Å². The van der Waals surface area contributed by atoms with Gasteiger partial charge < -0.3 is 15.2 Å². The molecule has 11 nitrogen and oxygen atoms in total. The number of benzene rings is 1. The molecule has 3 aromatic rings. The van der Waals surface area contributed by atoms with Crippen molar-refractivity contribution in [1.29, 1.82) is 0 Å². The molecule has 6 rings (SSSR count). The first-order chi connectivity index (χ1) is 19.5. The number of H-pyrrole nitrogens is 1. The lowest BCUT2D eigenvalue weighted by molar-refractivity contribution is 0.0558. The molecule has 0 aliphatic carbocycles. The van der Waals surface area contributed by atoms with Crippen LogP contribution < -0.4 is 5.32 Å². The third kappa shape index (κ3) is 6.23. The molecule has 0 bridgehead atoms. The van der Waals surface area contributed by atoms with Gasteiger partial charge in [-0.3, -0.25) is 4.79 Å². The third-order valence-electron chi connectivity index (χ3n) is 8.12. The van der Waals surface area contributed by atoms with Crippen LogP contribution in [-0.4, -0.2) is 96.8 Å². The first kappa shape index (κ1) is 31.6. The largest absolute Gasteiger partial charge is 0.345 e. The summed E-state index contributed by atoms with van der Waals surface area (Å²) >= 11 is 7.45. The predicted molar refractivity (Wildman–Crippen MR) is 165 cm³/mol. The number of rotatable bonds is 7. The Bertz CT molecular complexity index is 1690. The van der Waals surface area contributed by atoms with E-state index < -0.39 is 26.1 Å². The Morgan fingerprint density at radius 3 is 2.62 bits per heavy atom. The first-order valence-corrected chi connectivity index (χ1v) is 18.0. The number of hydrogen-bond acceptors (Lipinski definition) is 8. The van der Waals surface area contributed by atoms with Crippen LogP contribution in [0.4, 0.5) is 0 Å². The van der Waals surface area contributed by atoms with E-state index in [1.807, 2.05) is 0 Å². The fraction of sp³-hybridized carbons (Fsp3) is 0.538. The molecule has 2 fully saturated rings. The number of hydrogen-bond donors (Lipinski definition) is 2. The zero-order valence-electron chi connectivity index (χ0n) is 23.1. The summed E-state index contributed by atoms with van der Waals surface area (Å²) in [7, 11) is -7.47. The number of nitrogens with one attached hydrogen (secondary N) is 2. The molecule has 0 spiro atoms. The van der Waals surface area contributed by atoms with Gasteiger partial charge in [0, 0.05) is 78.6 Å². The van der Waals surface area contributed by atoms with Crippen LogP contribution in [0.5, 0.6) is 0 Å². The van der Waals surface area contributed by atoms with Gasteiger partial charge in [-0.05, 0) is 50.5 Å². The molecule has 3 aliphatic rings. The quantitative estimate of drug-likeness (QED) is 0.393. The smallest absolute Gasteiger partial charge is 0.283 e. The third-order valence-corrected chi connectivity index (χ3v) is 13.1. The molecule has 2 atom stereocenters. The summed E-state index contributed by atoms with van der Waals surface area (Å²) in [5.41, 5.74) is 1.56. The molecule has 42 heavy (non-hydrogen) atoms. The molecular formula is C26H34Cl2N6O5S3. The van der Waals surface area contributed by atoms with E-state index in [2.05, 4.69) is 22.2 Å². The highest BCUT2D eigenvalue weighted by molar-refractivity contribution is 7.89. The molecule has 230 valence electrons. The van der Waals surface area contributed by atoms with E-state index in [1.54, 1.807) is 29.2 Å². The van der Waals surface area contributed by atoms with Gasteiger partial charge in [-0.15, -0.1) is 23.7 Å². The molecule has 16 heteroatoms. The summed E-state index contributed by atoms with van der Waals surface area (Å²) in [6.45, 7) is 3.93. The van der Waals surface area contributed by atoms with Crippen LogP contribution >= 0.6 is 35.3 Å². The number of nitrogens with zero attached hydrogens (tertiary/aromatic N) is 4. The van der Waals surface area contributed by atoms with Crippen molar-refractivity contribution < 1.29 is 21.6 Å². The number of amides is 1. The van der Waals surface area contributed by atoms with E-state index >= 15 is 0 Å². The number of aromatic nitrogens is 2. The molecular weight excluding hydrogens is 643 g/mol. The van der Waals surface area contributed by atoms with Crippen molar-refractivity contribution in [3.8, 4) is 0 Å². The lowest BCUT2D eigenvalue weighted by Gasteiger charge is -2.40. The van der Waals surface area contributed by atoms with Crippen molar-refractivity contribution in [3.63, 3.8) is 0 Å². The van der Waals surface area contributed by atoms with Crippen LogP contribution in [0.3, 0.4) is 0 Å². The minimum Gasteiger partial charge on any atom is -0.345 e. The molecule has 1 aromatic carbocycles. The highest BCUT2D eigenvalue weighted by Crippen LogP contribution is 2.29. The molecule has 2 N–H and O–H groups in total. The Hall–Kier alpha value is -1.78. The number of halogens is 2. The van der Waals surface area contributed by atoms with E-state index in [0.29, 0.717) is 40.6 Å². The van der Waals surface area contributed by atoms with Crippen LogP contribution in [-0.2, 0) is 33.0 Å². The maximum atomic E-state index is 13.8. The van der Waals surface area contributed by atoms with Crippen molar-refractivity contribution in [2.75, 3.05) is 38.5 Å². The number of carbonyl (C=O) groups excluding carboxylic acids is 1. The average molecular weight is 678 g/mol. The molecule has 1 amide bonds. The van der Waals surface area contributed by atoms with Gasteiger partial charge in [0.25, 0.3) is 15.9 Å². The lowest BCUT2D eigenvalue weighted by Crippen LogP contribution is -2.57. The number of sulfonamides is 2. The number of piperazine rings is 1. The van der Waals surface area contributed by atoms with E-state index in [4.69, 9.17) is 11.6 Å². The summed E-state index contributed by atoms with van der Waals surface area (Å²) in [6, 6.07) is 6.30. The van der Waals surface area contributed by atoms with Crippen LogP contribution in [0.25, 0.3) is 10.9 Å². The first-order valence-electron chi connectivity index (χ1n) is 13.8. The summed E-state index contributed by atoms with van der Waals surface area (Å²) in [5.74, 6) is -0.436. The Kier molecular flexibility index (Phi) is 9.27. The maximum absolute atomic E-state index is 13.8. The van der Waals surface area contributed by atoms with Crippen molar-refractivity contribution >= 4 is 72.2 Å². The van der Waals surface area contributed by atoms with Gasteiger partial charge >= 0.3 is 0 Å². The average Bonchev–Trinajstić information content (AvgIpc) is 3.71. The second-order valence-corrected chi connectivity index (χ2v) is 16.5. The highest BCUT2D eigenvalue weighted by Gasteiger charge is 2.39. The van der Waals surface area contributed by atoms with Crippen molar-refractivity contribution in [2.24, 2.45) is 0 Å². The lowest BCUT2D eigenvalue weighted by atomic mass is 10.1. The minimum atomic E-state index is -3.95. The maximum Gasteiger partial charge on any atom is 0.283 e. The molecule has 5 heterocycles. The van der Waals surface area contributed by atoms with E-state index in [-0.39, 0.29) is 61.2 Å². The zero-order valence-corrected chi connectivity index (χ0v) is 27.1. The van der Waals surface area contributed by atoms with Crippen molar-refractivity contribution in [2.45, 2.75) is 56.3 Å². The van der Waals surface area contributed by atoms with E-state index in [0.717, 1.165) is 29.8 Å². The molecule has 2 unspecified atom stereocenters. The van der Waals surface area contributed by atoms with Crippen LogP contribution in [0.15, 0.2) is 29.3 Å². The second kappa shape index (κ2) is 12.3. The highest BCUT2D eigenvalue weighted by atomic mass is 35.5. The van der Waals surface area contributed by atoms with Crippen LogP contribution in [0.2, 0.25) is 5.02 Å². The standard InChI is InChI=1S/C26H33ClN6O5S3.ClH/c1-17-12-22-23(15-28-17)39-25(30-22)26(34)33-10-9-32(16-20(33)6-11-40(35,36)31-7-2-3-8-31)41(37,38)24-14-18-13-19(27)4-5-21(18)29-24;/h4-5,13-14,17,20,28-29H,2-3,6-12,15-16H2,1H3;1H. The summed E-state index contributed by atoms with van der Waals surface area (Å²) in [4.78, 5) is 24.0. The number of carbonyl (C=O) groups is 1. The topological polar surface area (TPSA) is 136 Å². The molecule has 2 aromatic heterocycles. The zero-order chi connectivity index (χ0) is 28.9. The predicted octanol–water partition coefficient (Wildman–Crippen LogP) is 3.06. The minimum absolute atomic E-state index is 0. The molecule has 0 radical (unpaired) electrons. The van der Waals surface area contributed by atoms with E-state index in [9.17, 15) is 21.6 Å². The fourth-order valence-electron chi connectivity index (χ4n) is 5.82. The van der Waals surface area contributed by atoms with Crippen molar-refractivity contribution in [1.82, 2.24) is 28.8 Å². The second-order valence-electron chi connectivity index (χ2n) is 11.0. The Balaban J connectivity index is 0.00000353. The summed E-state index contributed by atoms with van der Waals surface area (Å²) in [6.07, 6.45) is 2.52. The Morgan fingerprint density at radius 1 is 1.10 bits per heavy atom. The monoisotopic (exact) mass is 676 g/mol. The SMILES string of the molecule is CC1Cc2nc(C(=O)N3CCN(S(=O)(=O)c4cc5cc(Cl)ccc5[nH]4)CC3CCS(=O)(=O)N3CCCC3)sc2CN1.Cl. The van der Waals surface area contributed by atoms with Gasteiger partial charge in [0.2, 0.25) is 10.0 Å². The molecule has 0 saturated carbocycles. The van der Waals surface area contributed by atoms with Gasteiger partial charge in [-0.1, -0.05) is 11.6 Å².